The van der Waals surface area contributed by atoms with E-state index in [-0.39, 0.29) is 5.91 Å². The van der Waals surface area contributed by atoms with Gasteiger partial charge in [0.05, 0.1) is 6.54 Å². The number of hydrogen-bond acceptors (Lipinski definition) is 5. The van der Waals surface area contributed by atoms with Crippen LogP contribution in [-0.2, 0) is 11.2 Å². The first-order valence-corrected chi connectivity index (χ1v) is 6.96. The second-order valence-corrected chi connectivity index (χ2v) is 4.89. The van der Waals surface area contributed by atoms with Crippen LogP contribution in [0.15, 0.2) is 34.9 Å². The van der Waals surface area contributed by atoms with E-state index in [1.807, 2.05) is 42.3 Å². The molecule has 1 amide bonds. The van der Waals surface area contributed by atoms with E-state index in [4.69, 9.17) is 4.52 Å². The van der Waals surface area contributed by atoms with Crippen molar-refractivity contribution in [1.29, 1.82) is 0 Å². The van der Waals surface area contributed by atoms with Crippen molar-refractivity contribution >= 4 is 5.91 Å². The lowest BCUT2D eigenvalue weighted by atomic mass is 10.2. The third-order valence-corrected chi connectivity index (χ3v) is 3.12. The minimum Gasteiger partial charge on any atom is -0.358 e. The van der Waals surface area contributed by atoms with Crippen LogP contribution in [0, 0.1) is 0 Å². The molecule has 1 heterocycles. The summed E-state index contributed by atoms with van der Waals surface area (Å²) in [5.74, 6) is 1.26. The lowest BCUT2D eigenvalue weighted by Crippen LogP contribution is -2.33. The molecule has 1 aromatic carbocycles. The van der Waals surface area contributed by atoms with Crippen molar-refractivity contribution in [3.05, 3.63) is 36.2 Å². The van der Waals surface area contributed by atoms with Crippen molar-refractivity contribution in [2.45, 2.75) is 12.8 Å². The molecule has 0 aliphatic carbocycles. The van der Waals surface area contributed by atoms with Crippen molar-refractivity contribution < 1.29 is 9.32 Å². The minimum absolute atomic E-state index is 0.0154. The number of nitrogens with one attached hydrogen (secondary N) is 1. The summed E-state index contributed by atoms with van der Waals surface area (Å²) >= 11 is 0. The van der Waals surface area contributed by atoms with Gasteiger partial charge in [-0.25, -0.2) is 0 Å². The molecule has 6 nitrogen and oxygen atoms in total. The molecule has 0 radical (unpaired) electrons. The largest absolute Gasteiger partial charge is 0.358 e. The molecular weight excluding hydrogens is 268 g/mol. The highest BCUT2D eigenvalue weighted by Gasteiger charge is 2.09. The Kier molecular flexibility index (Phi) is 5.45. The summed E-state index contributed by atoms with van der Waals surface area (Å²) in [5, 5.41) is 6.59. The monoisotopic (exact) mass is 288 g/mol. The van der Waals surface area contributed by atoms with Gasteiger partial charge in [0, 0.05) is 19.0 Å². The summed E-state index contributed by atoms with van der Waals surface area (Å²) in [6.45, 7) is 1.20. The Hall–Kier alpha value is -2.21. The number of rotatable bonds is 7. The Morgan fingerprint density at radius 2 is 2.10 bits per heavy atom. The predicted molar refractivity (Wildman–Crippen MR) is 79.6 cm³/mol. The van der Waals surface area contributed by atoms with Crippen molar-refractivity contribution in [2.24, 2.45) is 0 Å². The molecule has 0 bridgehead atoms. The lowest BCUT2D eigenvalue weighted by Gasteiger charge is -2.14. The molecule has 0 saturated heterocycles. The van der Waals surface area contributed by atoms with Gasteiger partial charge in [0.25, 0.3) is 0 Å². The predicted octanol–water partition coefficient (Wildman–Crippen LogP) is 1.35. The van der Waals surface area contributed by atoms with Crippen LogP contribution in [0.4, 0.5) is 0 Å². The van der Waals surface area contributed by atoms with Gasteiger partial charge in [-0.3, -0.25) is 9.69 Å². The van der Waals surface area contributed by atoms with Gasteiger partial charge in [-0.1, -0.05) is 35.5 Å². The second kappa shape index (κ2) is 7.54. The molecule has 0 aliphatic rings. The zero-order valence-electron chi connectivity index (χ0n) is 12.4. The van der Waals surface area contributed by atoms with Crippen molar-refractivity contribution in [1.82, 2.24) is 20.4 Å². The van der Waals surface area contributed by atoms with Gasteiger partial charge >= 0.3 is 0 Å². The van der Waals surface area contributed by atoms with Gasteiger partial charge in [-0.15, -0.1) is 0 Å². The summed E-state index contributed by atoms with van der Waals surface area (Å²) in [7, 11) is 3.55. The van der Waals surface area contributed by atoms with Crippen LogP contribution in [0.25, 0.3) is 11.4 Å². The quantitative estimate of drug-likeness (QED) is 0.832. The first-order valence-electron chi connectivity index (χ1n) is 6.96. The topological polar surface area (TPSA) is 71.3 Å². The molecule has 1 N–H and O–H groups in total. The molecule has 0 fully saturated rings. The molecule has 0 spiro atoms. The van der Waals surface area contributed by atoms with Crippen molar-refractivity contribution in [3.63, 3.8) is 0 Å². The zero-order valence-corrected chi connectivity index (χ0v) is 12.4. The number of nitrogens with zero attached hydrogens (tertiary/aromatic N) is 3. The van der Waals surface area contributed by atoms with Gasteiger partial charge in [0.2, 0.25) is 17.6 Å². The number of aryl methyl sites for hydroxylation is 1. The number of carbonyl (C=O) groups excluding carboxylic acids is 1. The third kappa shape index (κ3) is 4.68. The standard InChI is InChI=1S/C15H20N4O2/c1-16-13(20)11-19(2)10-6-9-14-17-15(18-21-14)12-7-4-3-5-8-12/h3-5,7-8H,6,9-11H2,1-2H3,(H,16,20). The van der Waals surface area contributed by atoms with E-state index in [1.165, 1.54) is 0 Å². The van der Waals surface area contributed by atoms with Crippen LogP contribution in [0.3, 0.4) is 0 Å². The number of aromatic nitrogens is 2. The molecule has 2 aromatic rings. The molecule has 21 heavy (non-hydrogen) atoms. The second-order valence-electron chi connectivity index (χ2n) is 4.89. The van der Waals surface area contributed by atoms with E-state index in [2.05, 4.69) is 15.5 Å². The first kappa shape index (κ1) is 15.2. The highest BCUT2D eigenvalue weighted by molar-refractivity contribution is 5.77. The normalized spacial score (nSPS) is 10.8. The molecule has 0 unspecified atom stereocenters. The van der Waals surface area contributed by atoms with E-state index >= 15 is 0 Å². The Morgan fingerprint density at radius 3 is 2.81 bits per heavy atom. The molecule has 1 aromatic heterocycles. The molecular formula is C15H20N4O2. The number of amides is 1. The maximum atomic E-state index is 11.2. The van der Waals surface area contributed by atoms with E-state index in [1.54, 1.807) is 7.05 Å². The molecule has 2 rings (SSSR count). The van der Waals surface area contributed by atoms with Crippen molar-refractivity contribution in [3.8, 4) is 11.4 Å². The lowest BCUT2D eigenvalue weighted by molar-refractivity contribution is -0.121. The third-order valence-electron chi connectivity index (χ3n) is 3.12. The van der Waals surface area contributed by atoms with Gasteiger partial charge < -0.3 is 9.84 Å². The zero-order chi connectivity index (χ0) is 15.1. The van der Waals surface area contributed by atoms with E-state index < -0.39 is 0 Å². The van der Waals surface area contributed by atoms with E-state index in [0.29, 0.717) is 24.7 Å². The number of benzene rings is 1. The number of hydrogen-bond donors (Lipinski definition) is 1. The van der Waals surface area contributed by atoms with Gasteiger partial charge in [0.1, 0.15) is 0 Å². The summed E-state index contributed by atoms with van der Waals surface area (Å²) in [5.41, 5.74) is 0.948. The molecule has 0 saturated carbocycles. The summed E-state index contributed by atoms with van der Waals surface area (Å²) < 4.78 is 5.24. The fourth-order valence-electron chi connectivity index (χ4n) is 1.96. The maximum absolute atomic E-state index is 11.2. The minimum atomic E-state index is 0.0154. The first-order chi connectivity index (χ1) is 10.2. The van der Waals surface area contributed by atoms with Crippen LogP contribution < -0.4 is 5.32 Å². The van der Waals surface area contributed by atoms with Gasteiger partial charge in [0.15, 0.2) is 0 Å². The van der Waals surface area contributed by atoms with E-state index in [0.717, 1.165) is 18.5 Å². The molecule has 112 valence electrons. The number of carbonyl (C=O) groups is 1. The van der Waals surface area contributed by atoms with Crippen LogP contribution in [-0.4, -0.2) is 48.1 Å². The van der Waals surface area contributed by atoms with Crippen LogP contribution in [0.1, 0.15) is 12.3 Å². The summed E-state index contributed by atoms with van der Waals surface area (Å²) in [6.07, 6.45) is 1.57. The smallest absolute Gasteiger partial charge is 0.233 e. The fraction of sp³-hybridized carbons (Fsp3) is 0.400. The Labute approximate surface area is 124 Å². The maximum Gasteiger partial charge on any atom is 0.233 e. The SMILES string of the molecule is CNC(=O)CN(C)CCCc1nc(-c2ccccc2)no1. The van der Waals surface area contributed by atoms with Crippen LogP contribution in [0.2, 0.25) is 0 Å². The fourth-order valence-corrected chi connectivity index (χ4v) is 1.96. The number of likely N-dealkylation sites (N-methyl/N-ethyl adjacent to an activating group) is 2. The average molecular weight is 288 g/mol. The van der Waals surface area contributed by atoms with Gasteiger partial charge in [-0.05, 0) is 20.0 Å². The van der Waals surface area contributed by atoms with Crippen LogP contribution in [0.5, 0.6) is 0 Å². The van der Waals surface area contributed by atoms with Crippen LogP contribution >= 0.6 is 0 Å². The summed E-state index contributed by atoms with van der Waals surface area (Å²) in [4.78, 5) is 17.6. The molecule has 6 heteroatoms. The average Bonchev–Trinajstić information content (AvgIpc) is 2.97. The highest BCUT2D eigenvalue weighted by Crippen LogP contribution is 2.15. The molecule has 0 atom stereocenters. The Balaban J connectivity index is 1.80. The summed E-state index contributed by atoms with van der Waals surface area (Å²) in [6, 6.07) is 9.74. The Morgan fingerprint density at radius 1 is 1.33 bits per heavy atom. The Bertz CT molecular complexity index is 568. The highest BCUT2D eigenvalue weighted by atomic mass is 16.5. The van der Waals surface area contributed by atoms with E-state index in [9.17, 15) is 4.79 Å². The molecule has 0 aliphatic heterocycles. The van der Waals surface area contributed by atoms with Crippen molar-refractivity contribution in [2.75, 3.05) is 27.2 Å². The van der Waals surface area contributed by atoms with Gasteiger partial charge in [-0.2, -0.15) is 4.98 Å².